The van der Waals surface area contributed by atoms with E-state index < -0.39 is 5.97 Å². The fourth-order valence-corrected chi connectivity index (χ4v) is 3.26. The van der Waals surface area contributed by atoms with Gasteiger partial charge < -0.3 is 14.9 Å². The van der Waals surface area contributed by atoms with Crippen molar-refractivity contribution in [2.75, 3.05) is 26.2 Å². The molecule has 6 heteroatoms. The minimum atomic E-state index is -0.812. The smallest absolute Gasteiger partial charge is 0.303 e. The van der Waals surface area contributed by atoms with Gasteiger partial charge in [0.1, 0.15) is 0 Å². The number of hydrogen-bond acceptors (Lipinski definition) is 3. The van der Waals surface area contributed by atoms with Gasteiger partial charge in [-0.3, -0.25) is 14.4 Å². The highest BCUT2D eigenvalue weighted by molar-refractivity contribution is 5.89. The van der Waals surface area contributed by atoms with Crippen LogP contribution >= 0.6 is 0 Å². The normalized spacial score (nSPS) is 26.0. The average molecular weight is 296 g/mol. The van der Waals surface area contributed by atoms with Gasteiger partial charge in [-0.25, -0.2) is 0 Å². The van der Waals surface area contributed by atoms with E-state index in [0.29, 0.717) is 38.5 Å². The van der Waals surface area contributed by atoms with Gasteiger partial charge in [-0.2, -0.15) is 0 Å². The van der Waals surface area contributed by atoms with Crippen LogP contribution in [-0.4, -0.2) is 58.9 Å². The largest absolute Gasteiger partial charge is 0.481 e. The summed E-state index contributed by atoms with van der Waals surface area (Å²) in [7, 11) is 0. The Morgan fingerprint density at radius 1 is 1.33 bits per heavy atom. The fraction of sp³-hybridized carbons (Fsp3) is 0.800. The number of hydrogen-bond donors (Lipinski definition) is 1. The maximum absolute atomic E-state index is 12.5. The first-order valence-electron chi connectivity index (χ1n) is 7.65. The van der Waals surface area contributed by atoms with E-state index in [-0.39, 0.29) is 30.1 Å². The van der Waals surface area contributed by atoms with Gasteiger partial charge in [-0.15, -0.1) is 0 Å². The standard InChI is InChI=1S/C15H24N2O4/c1-10(2)7-17-9-12(6-13(17)18)15(21)16-4-3-11(8-16)5-14(19)20/h10-12H,3-9H2,1-2H3,(H,19,20). The Morgan fingerprint density at radius 3 is 2.67 bits per heavy atom. The van der Waals surface area contributed by atoms with Gasteiger partial charge in [0.2, 0.25) is 11.8 Å². The van der Waals surface area contributed by atoms with Crippen molar-refractivity contribution in [3.63, 3.8) is 0 Å². The van der Waals surface area contributed by atoms with Crippen LogP contribution in [0.15, 0.2) is 0 Å². The van der Waals surface area contributed by atoms with E-state index in [9.17, 15) is 14.4 Å². The quantitative estimate of drug-likeness (QED) is 0.814. The van der Waals surface area contributed by atoms with Crippen LogP contribution < -0.4 is 0 Å². The molecule has 6 nitrogen and oxygen atoms in total. The predicted molar refractivity (Wildman–Crippen MR) is 76.5 cm³/mol. The van der Waals surface area contributed by atoms with Crippen LogP contribution in [0.4, 0.5) is 0 Å². The zero-order valence-electron chi connectivity index (χ0n) is 12.7. The Bertz CT molecular complexity index is 435. The molecule has 0 aromatic heterocycles. The second-order valence-electron chi connectivity index (χ2n) is 6.63. The number of nitrogens with zero attached hydrogens (tertiary/aromatic N) is 2. The lowest BCUT2D eigenvalue weighted by atomic mass is 10.1. The molecule has 0 radical (unpaired) electrons. The van der Waals surface area contributed by atoms with Crippen molar-refractivity contribution in [3.8, 4) is 0 Å². The molecule has 0 bridgehead atoms. The number of carbonyl (C=O) groups is 3. The third-order valence-corrected chi connectivity index (χ3v) is 4.21. The van der Waals surface area contributed by atoms with Gasteiger partial charge in [0, 0.05) is 39.0 Å². The molecule has 1 N–H and O–H groups in total. The van der Waals surface area contributed by atoms with Crippen molar-refractivity contribution in [2.24, 2.45) is 17.8 Å². The second kappa shape index (κ2) is 6.45. The van der Waals surface area contributed by atoms with E-state index in [1.807, 2.05) is 0 Å². The summed E-state index contributed by atoms with van der Waals surface area (Å²) < 4.78 is 0. The summed E-state index contributed by atoms with van der Waals surface area (Å²) in [5, 5.41) is 8.81. The summed E-state index contributed by atoms with van der Waals surface area (Å²) in [6.07, 6.45) is 1.16. The lowest BCUT2D eigenvalue weighted by Gasteiger charge is -2.22. The molecule has 0 aliphatic carbocycles. The molecule has 2 atom stereocenters. The summed E-state index contributed by atoms with van der Waals surface area (Å²) in [5.41, 5.74) is 0. The predicted octanol–water partition coefficient (Wildman–Crippen LogP) is 0.814. The first kappa shape index (κ1) is 15.8. The number of amides is 2. The number of carbonyl (C=O) groups excluding carboxylic acids is 2. The second-order valence-corrected chi connectivity index (χ2v) is 6.63. The molecule has 2 aliphatic rings. The number of rotatable bonds is 5. The molecule has 0 saturated carbocycles. The van der Waals surface area contributed by atoms with Gasteiger partial charge in [-0.1, -0.05) is 13.8 Å². The van der Waals surface area contributed by atoms with Crippen LogP contribution in [0.5, 0.6) is 0 Å². The monoisotopic (exact) mass is 296 g/mol. The van der Waals surface area contributed by atoms with E-state index in [1.165, 1.54) is 0 Å². The Hall–Kier alpha value is -1.59. The summed E-state index contributed by atoms with van der Waals surface area (Å²) in [4.78, 5) is 38.6. The van der Waals surface area contributed by atoms with Crippen molar-refractivity contribution >= 4 is 17.8 Å². The third-order valence-electron chi connectivity index (χ3n) is 4.21. The maximum Gasteiger partial charge on any atom is 0.303 e. The van der Waals surface area contributed by atoms with Crippen molar-refractivity contribution in [1.29, 1.82) is 0 Å². The van der Waals surface area contributed by atoms with Gasteiger partial charge in [-0.05, 0) is 18.3 Å². The van der Waals surface area contributed by atoms with E-state index >= 15 is 0 Å². The third kappa shape index (κ3) is 3.95. The minimum Gasteiger partial charge on any atom is -0.481 e. The van der Waals surface area contributed by atoms with Crippen molar-refractivity contribution in [3.05, 3.63) is 0 Å². The lowest BCUT2D eigenvalue weighted by molar-refractivity contribution is -0.139. The first-order chi connectivity index (χ1) is 9.86. The highest BCUT2D eigenvalue weighted by Crippen LogP contribution is 2.26. The molecule has 21 heavy (non-hydrogen) atoms. The van der Waals surface area contributed by atoms with E-state index in [4.69, 9.17) is 5.11 Å². The zero-order chi connectivity index (χ0) is 15.6. The minimum absolute atomic E-state index is 0.0162. The van der Waals surface area contributed by atoms with Gasteiger partial charge in [0.05, 0.1) is 5.92 Å². The van der Waals surface area contributed by atoms with Crippen molar-refractivity contribution in [1.82, 2.24) is 9.80 Å². The van der Waals surface area contributed by atoms with Gasteiger partial charge >= 0.3 is 5.97 Å². The van der Waals surface area contributed by atoms with Crippen LogP contribution in [-0.2, 0) is 14.4 Å². The Kier molecular flexibility index (Phi) is 4.85. The molecule has 0 aromatic carbocycles. The molecule has 2 saturated heterocycles. The Morgan fingerprint density at radius 2 is 2.05 bits per heavy atom. The molecule has 2 unspecified atom stereocenters. The van der Waals surface area contributed by atoms with Crippen LogP contribution in [0, 0.1) is 17.8 Å². The van der Waals surface area contributed by atoms with Gasteiger partial charge in [0.25, 0.3) is 0 Å². The van der Waals surface area contributed by atoms with E-state index in [0.717, 1.165) is 6.42 Å². The van der Waals surface area contributed by atoms with Gasteiger partial charge in [0.15, 0.2) is 0 Å². The fourth-order valence-electron chi connectivity index (χ4n) is 3.26. The summed E-state index contributed by atoms with van der Waals surface area (Å²) in [5.74, 6) is -0.538. The average Bonchev–Trinajstić information content (AvgIpc) is 2.95. The maximum atomic E-state index is 12.5. The highest BCUT2D eigenvalue weighted by atomic mass is 16.4. The molecule has 2 heterocycles. The van der Waals surface area contributed by atoms with Crippen LogP contribution in [0.1, 0.15) is 33.1 Å². The molecule has 118 valence electrons. The van der Waals surface area contributed by atoms with Crippen LogP contribution in [0.2, 0.25) is 0 Å². The van der Waals surface area contributed by atoms with Crippen molar-refractivity contribution < 1.29 is 19.5 Å². The Labute approximate surface area is 125 Å². The molecular weight excluding hydrogens is 272 g/mol. The molecule has 2 aliphatic heterocycles. The number of carboxylic acid groups (broad SMARTS) is 1. The van der Waals surface area contributed by atoms with E-state index in [2.05, 4.69) is 13.8 Å². The zero-order valence-corrected chi connectivity index (χ0v) is 12.7. The molecule has 2 fully saturated rings. The number of likely N-dealkylation sites (tertiary alicyclic amines) is 2. The number of aliphatic carboxylic acids is 1. The highest BCUT2D eigenvalue weighted by Gasteiger charge is 2.38. The summed E-state index contributed by atoms with van der Waals surface area (Å²) in [6.45, 7) is 6.45. The Balaban J connectivity index is 1.87. The lowest BCUT2D eigenvalue weighted by Crippen LogP contribution is -2.36. The number of carboxylic acids is 1. The molecule has 0 spiro atoms. The van der Waals surface area contributed by atoms with Crippen LogP contribution in [0.3, 0.4) is 0 Å². The topological polar surface area (TPSA) is 77.9 Å². The first-order valence-corrected chi connectivity index (χ1v) is 7.65. The van der Waals surface area contributed by atoms with Crippen LogP contribution in [0.25, 0.3) is 0 Å². The molecular formula is C15H24N2O4. The summed E-state index contributed by atoms with van der Waals surface area (Å²) >= 11 is 0. The van der Waals surface area contributed by atoms with Crippen molar-refractivity contribution in [2.45, 2.75) is 33.1 Å². The van der Waals surface area contributed by atoms with E-state index in [1.54, 1.807) is 9.80 Å². The molecule has 2 rings (SSSR count). The molecule has 2 amide bonds. The SMILES string of the molecule is CC(C)CN1CC(C(=O)N2CCC(CC(=O)O)C2)CC1=O. The summed E-state index contributed by atoms with van der Waals surface area (Å²) in [6, 6.07) is 0. The molecule has 0 aromatic rings.